The number of carbonyl (C=O) groups is 2. The average molecular weight is 376 g/mol. The van der Waals surface area contributed by atoms with E-state index in [4.69, 9.17) is 9.84 Å². The van der Waals surface area contributed by atoms with Crippen molar-refractivity contribution in [2.75, 3.05) is 6.61 Å². The van der Waals surface area contributed by atoms with Crippen molar-refractivity contribution in [3.8, 4) is 0 Å². The number of allylic oxidation sites excluding steroid dienone is 1. The molecule has 144 valence electrons. The Balaban J connectivity index is 1.92. The summed E-state index contributed by atoms with van der Waals surface area (Å²) in [5, 5.41) is 8.99. The first-order valence-corrected chi connectivity index (χ1v) is 9.35. The molecule has 2 aromatic carbocycles. The Morgan fingerprint density at radius 1 is 1.07 bits per heavy atom. The van der Waals surface area contributed by atoms with Crippen LogP contribution in [-0.4, -0.2) is 23.7 Å². The summed E-state index contributed by atoms with van der Waals surface area (Å²) in [5.41, 5.74) is 4.77. The van der Waals surface area contributed by atoms with E-state index in [1.807, 2.05) is 30.4 Å². The second kappa shape index (κ2) is 7.85. The fraction of sp³-hybridized carbons (Fsp3) is 0.250. The van der Waals surface area contributed by atoms with Crippen LogP contribution in [-0.2, 0) is 14.9 Å². The van der Waals surface area contributed by atoms with Gasteiger partial charge in [-0.3, -0.25) is 0 Å². The summed E-state index contributed by atoms with van der Waals surface area (Å²) in [6.45, 7) is 6.50. The number of carboxylic acids is 1. The zero-order valence-electron chi connectivity index (χ0n) is 16.4. The molecule has 0 fully saturated rings. The molecule has 0 spiro atoms. The third kappa shape index (κ3) is 4.06. The van der Waals surface area contributed by atoms with E-state index in [2.05, 4.69) is 19.9 Å². The van der Waals surface area contributed by atoms with Crippen molar-refractivity contribution in [1.82, 2.24) is 0 Å². The lowest BCUT2D eigenvalue weighted by Gasteiger charge is -2.31. The number of rotatable bonds is 5. The van der Waals surface area contributed by atoms with Crippen LogP contribution >= 0.6 is 0 Å². The highest BCUT2D eigenvalue weighted by Crippen LogP contribution is 2.39. The number of hydrogen-bond donors (Lipinski definition) is 1. The van der Waals surface area contributed by atoms with E-state index in [0.29, 0.717) is 12.2 Å². The molecule has 0 radical (unpaired) electrons. The van der Waals surface area contributed by atoms with E-state index in [9.17, 15) is 9.59 Å². The number of carboxylic acid groups (broad SMARTS) is 1. The Morgan fingerprint density at radius 3 is 2.36 bits per heavy atom. The van der Waals surface area contributed by atoms with E-state index >= 15 is 0 Å². The minimum Gasteiger partial charge on any atom is -0.478 e. The van der Waals surface area contributed by atoms with E-state index in [1.165, 1.54) is 0 Å². The quantitative estimate of drug-likeness (QED) is 0.577. The van der Waals surface area contributed by atoms with Crippen LogP contribution in [0.15, 0.2) is 48.5 Å². The maximum atomic E-state index is 12.4. The topological polar surface area (TPSA) is 63.6 Å². The highest BCUT2D eigenvalue weighted by molar-refractivity contribution is 6.17. The van der Waals surface area contributed by atoms with Crippen molar-refractivity contribution < 1.29 is 19.4 Å². The van der Waals surface area contributed by atoms with Gasteiger partial charge in [0, 0.05) is 0 Å². The number of esters is 1. The molecule has 1 aliphatic rings. The molecular weight excluding hydrogens is 352 g/mol. The minimum absolute atomic E-state index is 0.0414. The fourth-order valence-corrected chi connectivity index (χ4v) is 3.39. The van der Waals surface area contributed by atoms with Gasteiger partial charge in [-0.25, -0.2) is 9.59 Å². The smallest absolute Gasteiger partial charge is 0.338 e. The van der Waals surface area contributed by atoms with Gasteiger partial charge in [0.2, 0.25) is 0 Å². The molecule has 0 heterocycles. The molecule has 0 saturated carbocycles. The van der Waals surface area contributed by atoms with Gasteiger partial charge in [0.25, 0.3) is 0 Å². The molecule has 0 unspecified atom stereocenters. The number of fused-ring (bicyclic) bond motifs is 1. The summed E-state index contributed by atoms with van der Waals surface area (Å²) in [7, 11) is 0. The number of benzene rings is 2. The van der Waals surface area contributed by atoms with Gasteiger partial charge in [-0.2, -0.15) is 0 Å². The monoisotopic (exact) mass is 376 g/mol. The molecule has 0 bridgehead atoms. The summed E-state index contributed by atoms with van der Waals surface area (Å²) in [5.74, 6) is -1.23. The first-order chi connectivity index (χ1) is 13.3. The Morgan fingerprint density at radius 2 is 1.71 bits per heavy atom. The van der Waals surface area contributed by atoms with Gasteiger partial charge in [0.05, 0.1) is 17.7 Å². The van der Waals surface area contributed by atoms with E-state index in [1.54, 1.807) is 31.2 Å². The van der Waals surface area contributed by atoms with Gasteiger partial charge in [0.15, 0.2) is 0 Å². The zero-order valence-corrected chi connectivity index (χ0v) is 16.4. The van der Waals surface area contributed by atoms with Crippen LogP contribution in [0.5, 0.6) is 0 Å². The molecule has 1 aliphatic carbocycles. The molecule has 2 aromatic rings. The molecule has 3 rings (SSSR count). The van der Waals surface area contributed by atoms with Crippen LogP contribution in [0, 0.1) is 0 Å². The maximum absolute atomic E-state index is 12.4. The zero-order chi connectivity index (χ0) is 20.3. The fourth-order valence-electron chi connectivity index (χ4n) is 3.39. The molecule has 28 heavy (non-hydrogen) atoms. The van der Waals surface area contributed by atoms with Gasteiger partial charge in [-0.05, 0) is 59.2 Å². The molecular formula is C24H24O4. The lowest BCUT2D eigenvalue weighted by atomic mass is 9.73. The molecule has 0 aromatic heterocycles. The van der Waals surface area contributed by atoms with Crippen molar-refractivity contribution in [1.29, 1.82) is 0 Å². The molecule has 4 nitrogen and oxygen atoms in total. The summed E-state index contributed by atoms with van der Waals surface area (Å²) < 4.78 is 5.23. The Labute approximate surface area is 165 Å². The number of hydrogen-bond acceptors (Lipinski definition) is 3. The summed E-state index contributed by atoms with van der Waals surface area (Å²) >= 11 is 0. The average Bonchev–Trinajstić information content (AvgIpc) is 2.66. The Kier molecular flexibility index (Phi) is 5.50. The van der Waals surface area contributed by atoms with Crippen molar-refractivity contribution in [3.63, 3.8) is 0 Å². The van der Waals surface area contributed by atoms with E-state index < -0.39 is 5.97 Å². The van der Waals surface area contributed by atoms with Gasteiger partial charge in [-0.15, -0.1) is 0 Å². The molecule has 4 heteroatoms. The van der Waals surface area contributed by atoms with Gasteiger partial charge in [-0.1, -0.05) is 56.3 Å². The Bertz CT molecular complexity index is 963. The standard InChI is InChI=1S/C24H24O4/c1-4-28-23(27)19-13-14-24(2,3)21-12-9-17(15-20(19)21)6-5-16-7-10-18(11-8-16)22(25)26/h5-13,15H,4,14H2,1-3H3,(H,25,26). The second-order valence-electron chi connectivity index (χ2n) is 7.49. The SMILES string of the molecule is CCOC(=O)C1=CCC(C)(C)c2ccc(C=Cc3ccc(C(=O)O)cc3)cc21. The lowest BCUT2D eigenvalue weighted by molar-refractivity contribution is -0.136. The van der Waals surface area contributed by atoms with Crippen molar-refractivity contribution in [3.05, 3.63) is 76.4 Å². The van der Waals surface area contributed by atoms with Crippen molar-refractivity contribution in [2.45, 2.75) is 32.6 Å². The first-order valence-electron chi connectivity index (χ1n) is 9.35. The number of ether oxygens (including phenoxy) is 1. The summed E-state index contributed by atoms with van der Waals surface area (Å²) in [4.78, 5) is 23.3. The first kappa shape index (κ1) is 19.6. The van der Waals surface area contributed by atoms with Crippen LogP contribution < -0.4 is 0 Å². The molecule has 0 atom stereocenters. The molecule has 0 aliphatic heterocycles. The van der Waals surface area contributed by atoms with Gasteiger partial charge >= 0.3 is 11.9 Å². The van der Waals surface area contributed by atoms with E-state index in [0.717, 1.165) is 28.7 Å². The molecule has 1 N–H and O–H groups in total. The molecule has 0 saturated heterocycles. The highest BCUT2D eigenvalue weighted by Gasteiger charge is 2.30. The lowest BCUT2D eigenvalue weighted by Crippen LogP contribution is -2.24. The normalized spacial score (nSPS) is 15.0. The minimum atomic E-state index is -0.939. The summed E-state index contributed by atoms with van der Waals surface area (Å²) in [6, 6.07) is 12.8. The highest BCUT2D eigenvalue weighted by atomic mass is 16.5. The van der Waals surface area contributed by atoms with Gasteiger partial charge < -0.3 is 9.84 Å². The van der Waals surface area contributed by atoms with Crippen molar-refractivity contribution >= 4 is 29.7 Å². The molecule has 0 amide bonds. The van der Waals surface area contributed by atoms with Crippen LogP contribution in [0.25, 0.3) is 17.7 Å². The number of carbonyl (C=O) groups excluding carboxylic acids is 1. The predicted molar refractivity (Wildman–Crippen MR) is 111 cm³/mol. The largest absolute Gasteiger partial charge is 0.478 e. The second-order valence-corrected chi connectivity index (χ2v) is 7.49. The summed E-state index contributed by atoms with van der Waals surface area (Å²) in [6.07, 6.45) is 6.65. The predicted octanol–water partition coefficient (Wildman–Crippen LogP) is 5.18. The number of aromatic carboxylic acids is 1. The van der Waals surface area contributed by atoms with Crippen molar-refractivity contribution in [2.24, 2.45) is 0 Å². The van der Waals surface area contributed by atoms with Crippen LogP contribution in [0.4, 0.5) is 0 Å². The van der Waals surface area contributed by atoms with Gasteiger partial charge in [0.1, 0.15) is 0 Å². The van der Waals surface area contributed by atoms with Crippen LogP contribution in [0.3, 0.4) is 0 Å². The van der Waals surface area contributed by atoms with E-state index in [-0.39, 0.29) is 16.9 Å². The van der Waals surface area contributed by atoms with Crippen LogP contribution in [0.2, 0.25) is 0 Å². The maximum Gasteiger partial charge on any atom is 0.338 e. The Hall–Kier alpha value is -3.14. The third-order valence-corrected chi connectivity index (χ3v) is 5.00. The van der Waals surface area contributed by atoms with Crippen LogP contribution in [0.1, 0.15) is 59.8 Å². The third-order valence-electron chi connectivity index (χ3n) is 5.00.